The lowest BCUT2D eigenvalue weighted by molar-refractivity contribution is -0.0816. The van der Waals surface area contributed by atoms with Gasteiger partial charge in [-0.05, 0) is 30.3 Å². The zero-order chi connectivity index (χ0) is 20.5. The van der Waals surface area contributed by atoms with Crippen LogP contribution in [-0.2, 0) is 5.72 Å². The van der Waals surface area contributed by atoms with Gasteiger partial charge in [-0.25, -0.2) is 0 Å². The summed E-state index contributed by atoms with van der Waals surface area (Å²) in [5.41, 5.74) is -3.51. The molecule has 0 fully saturated rings. The molecule has 0 bridgehead atoms. The summed E-state index contributed by atoms with van der Waals surface area (Å²) in [6.07, 6.45) is -5.70. The van der Waals surface area contributed by atoms with Gasteiger partial charge >= 0.3 is 6.18 Å². The predicted octanol–water partition coefficient (Wildman–Crippen LogP) is 3.31. The minimum atomic E-state index is -4.80. The minimum absolute atomic E-state index is 0.0212. The largest absolute Gasteiger partial charge is 0.497 e. The first kappa shape index (κ1) is 19.7. The molecular weight excluding hydrogens is 377 g/mol. The van der Waals surface area contributed by atoms with Gasteiger partial charge in [0, 0.05) is 11.1 Å². The molecule has 0 spiro atoms. The number of aliphatic hydroxyl groups is 1. The van der Waals surface area contributed by atoms with Crippen LogP contribution in [0.25, 0.3) is 0 Å². The maximum absolute atomic E-state index is 13.3. The molecule has 0 radical (unpaired) electrons. The van der Waals surface area contributed by atoms with Gasteiger partial charge in [0.15, 0.2) is 5.72 Å². The Balaban J connectivity index is 2.09. The quantitative estimate of drug-likeness (QED) is 0.864. The third kappa shape index (κ3) is 3.53. The van der Waals surface area contributed by atoms with Crippen LogP contribution in [0.3, 0.4) is 0 Å². The van der Waals surface area contributed by atoms with Gasteiger partial charge in [-0.1, -0.05) is 18.2 Å². The molecule has 1 atom stereocenters. The van der Waals surface area contributed by atoms with Crippen molar-refractivity contribution < 1.29 is 32.5 Å². The summed E-state index contributed by atoms with van der Waals surface area (Å²) in [4.78, 5) is 12.9. The standard InChI is InChI=1S/C19H17F3N2O4/c1-27-14-7-3-5-12(9-14)17(25)24-18(26,11-16(23-24)19(20,21)22)13-6-4-8-15(10-13)28-2/h3-10,26H,11H2,1-2H3. The summed E-state index contributed by atoms with van der Waals surface area (Å²) in [5, 5.41) is 15.0. The number of carbonyl (C=O) groups is 1. The van der Waals surface area contributed by atoms with E-state index in [0.29, 0.717) is 16.5 Å². The molecule has 6 nitrogen and oxygen atoms in total. The van der Waals surface area contributed by atoms with Gasteiger partial charge in [-0.3, -0.25) is 4.79 Å². The van der Waals surface area contributed by atoms with Crippen LogP contribution >= 0.6 is 0 Å². The van der Waals surface area contributed by atoms with E-state index in [9.17, 15) is 23.1 Å². The van der Waals surface area contributed by atoms with E-state index in [1.807, 2.05) is 0 Å². The molecule has 1 N–H and O–H groups in total. The number of methoxy groups -OCH3 is 2. The van der Waals surface area contributed by atoms with E-state index in [4.69, 9.17) is 9.47 Å². The monoisotopic (exact) mass is 394 g/mol. The molecule has 1 unspecified atom stereocenters. The normalized spacial score (nSPS) is 19.4. The number of rotatable bonds is 4. The van der Waals surface area contributed by atoms with Gasteiger partial charge < -0.3 is 14.6 Å². The van der Waals surface area contributed by atoms with Crippen LogP contribution in [-0.4, -0.2) is 42.1 Å². The summed E-state index contributed by atoms with van der Waals surface area (Å²) in [6.45, 7) is 0. The number of ether oxygens (including phenoxy) is 2. The molecular formula is C19H17F3N2O4. The van der Waals surface area contributed by atoms with Gasteiger partial charge in [-0.15, -0.1) is 0 Å². The lowest BCUT2D eigenvalue weighted by Gasteiger charge is -2.31. The molecule has 0 aliphatic carbocycles. The summed E-state index contributed by atoms with van der Waals surface area (Å²) < 4.78 is 50.0. The van der Waals surface area contributed by atoms with Gasteiger partial charge in [0.2, 0.25) is 0 Å². The number of benzene rings is 2. The van der Waals surface area contributed by atoms with Crippen molar-refractivity contribution >= 4 is 11.6 Å². The fourth-order valence-corrected chi connectivity index (χ4v) is 2.89. The average molecular weight is 394 g/mol. The number of amides is 1. The van der Waals surface area contributed by atoms with E-state index < -0.39 is 29.9 Å². The fourth-order valence-electron chi connectivity index (χ4n) is 2.89. The molecule has 2 aromatic carbocycles. The van der Waals surface area contributed by atoms with Gasteiger partial charge in [0.25, 0.3) is 5.91 Å². The Morgan fingerprint density at radius 1 is 1.11 bits per heavy atom. The second-order valence-corrected chi connectivity index (χ2v) is 6.12. The minimum Gasteiger partial charge on any atom is -0.497 e. The zero-order valence-electron chi connectivity index (χ0n) is 15.0. The molecule has 2 aromatic rings. The topological polar surface area (TPSA) is 71.4 Å². The van der Waals surface area contributed by atoms with Crippen molar-refractivity contribution in [2.75, 3.05) is 14.2 Å². The molecule has 148 valence electrons. The Hall–Kier alpha value is -3.07. The van der Waals surface area contributed by atoms with Crippen LogP contribution in [0.4, 0.5) is 13.2 Å². The molecule has 3 rings (SSSR count). The maximum Gasteiger partial charge on any atom is 0.431 e. The van der Waals surface area contributed by atoms with Crippen LogP contribution in [0.1, 0.15) is 22.3 Å². The Bertz CT molecular complexity index is 929. The second-order valence-electron chi connectivity index (χ2n) is 6.12. The molecule has 28 heavy (non-hydrogen) atoms. The zero-order valence-corrected chi connectivity index (χ0v) is 15.0. The summed E-state index contributed by atoms with van der Waals surface area (Å²) in [6, 6.07) is 11.7. The van der Waals surface area contributed by atoms with Gasteiger partial charge in [0.1, 0.15) is 17.2 Å². The van der Waals surface area contributed by atoms with Crippen molar-refractivity contribution in [1.82, 2.24) is 5.01 Å². The van der Waals surface area contributed by atoms with E-state index in [-0.39, 0.29) is 11.1 Å². The van der Waals surface area contributed by atoms with Crippen LogP contribution < -0.4 is 9.47 Å². The highest BCUT2D eigenvalue weighted by atomic mass is 19.4. The van der Waals surface area contributed by atoms with Crippen LogP contribution in [0, 0.1) is 0 Å². The van der Waals surface area contributed by atoms with Crippen molar-refractivity contribution in [3.63, 3.8) is 0 Å². The van der Waals surface area contributed by atoms with Crippen molar-refractivity contribution in [2.45, 2.75) is 18.3 Å². The highest BCUT2D eigenvalue weighted by Crippen LogP contribution is 2.41. The summed E-state index contributed by atoms with van der Waals surface area (Å²) in [5.74, 6) is -0.237. The van der Waals surface area contributed by atoms with E-state index in [1.165, 1.54) is 50.6 Å². The first-order chi connectivity index (χ1) is 13.2. The van der Waals surface area contributed by atoms with Crippen LogP contribution in [0.2, 0.25) is 0 Å². The summed E-state index contributed by atoms with van der Waals surface area (Å²) >= 11 is 0. The Morgan fingerprint density at radius 3 is 2.32 bits per heavy atom. The Morgan fingerprint density at radius 2 is 1.71 bits per heavy atom. The lowest BCUT2D eigenvalue weighted by Crippen LogP contribution is -2.43. The van der Waals surface area contributed by atoms with Crippen LogP contribution in [0.5, 0.6) is 11.5 Å². The Labute approximate surface area is 158 Å². The Kier molecular flexibility index (Phi) is 5.03. The molecule has 1 amide bonds. The van der Waals surface area contributed by atoms with Crippen molar-refractivity contribution in [1.29, 1.82) is 0 Å². The molecule has 1 aliphatic rings. The highest BCUT2D eigenvalue weighted by Gasteiger charge is 2.53. The number of hydrogen-bond donors (Lipinski definition) is 1. The lowest BCUT2D eigenvalue weighted by atomic mass is 9.96. The third-order valence-corrected chi connectivity index (χ3v) is 4.35. The fraction of sp³-hybridized carbons (Fsp3) is 0.263. The van der Waals surface area contributed by atoms with E-state index in [0.717, 1.165) is 0 Å². The van der Waals surface area contributed by atoms with Crippen LogP contribution in [0.15, 0.2) is 53.6 Å². The van der Waals surface area contributed by atoms with E-state index in [1.54, 1.807) is 12.1 Å². The predicted molar refractivity (Wildman–Crippen MR) is 94.2 cm³/mol. The molecule has 9 heteroatoms. The highest BCUT2D eigenvalue weighted by molar-refractivity contribution is 6.00. The number of nitrogens with zero attached hydrogens (tertiary/aromatic N) is 2. The van der Waals surface area contributed by atoms with Crippen molar-refractivity contribution in [3.05, 3.63) is 59.7 Å². The van der Waals surface area contributed by atoms with E-state index >= 15 is 0 Å². The molecule has 1 heterocycles. The first-order valence-corrected chi connectivity index (χ1v) is 8.19. The number of hydrazone groups is 1. The van der Waals surface area contributed by atoms with E-state index in [2.05, 4.69) is 5.10 Å². The van der Waals surface area contributed by atoms with Gasteiger partial charge in [0.05, 0.1) is 20.6 Å². The third-order valence-electron chi connectivity index (χ3n) is 4.35. The second kappa shape index (κ2) is 7.16. The number of alkyl halides is 3. The number of halogens is 3. The average Bonchev–Trinajstić information content (AvgIpc) is 3.06. The molecule has 0 aromatic heterocycles. The van der Waals surface area contributed by atoms with Gasteiger partial charge in [-0.2, -0.15) is 23.3 Å². The number of hydrogen-bond acceptors (Lipinski definition) is 5. The SMILES string of the molecule is COc1cccc(C(=O)N2N=C(C(F)(F)F)CC2(O)c2cccc(OC)c2)c1. The number of carbonyl (C=O) groups excluding carboxylic acids is 1. The summed E-state index contributed by atoms with van der Waals surface area (Å²) in [7, 11) is 2.78. The molecule has 0 saturated heterocycles. The maximum atomic E-state index is 13.3. The molecule has 0 saturated carbocycles. The smallest absolute Gasteiger partial charge is 0.431 e. The first-order valence-electron chi connectivity index (χ1n) is 8.19. The van der Waals surface area contributed by atoms with Crippen molar-refractivity contribution in [3.8, 4) is 11.5 Å². The molecule has 1 aliphatic heterocycles. The van der Waals surface area contributed by atoms with Crippen molar-refractivity contribution in [2.24, 2.45) is 5.10 Å².